The number of benzene rings is 2. The highest BCUT2D eigenvalue weighted by Gasteiger charge is 2.19. The monoisotopic (exact) mass is 353 g/mol. The number of tetrazole rings is 1. The van der Waals surface area contributed by atoms with Crippen molar-refractivity contribution < 1.29 is 4.79 Å². The summed E-state index contributed by atoms with van der Waals surface area (Å²) in [5.74, 6) is -0.0488. The third-order valence-electron chi connectivity index (χ3n) is 3.68. The van der Waals surface area contributed by atoms with Gasteiger partial charge in [0.05, 0.1) is 10.9 Å². The number of rotatable bonds is 6. The normalized spacial score (nSPS) is 11.9. The molecule has 1 amide bonds. The van der Waals surface area contributed by atoms with E-state index in [1.165, 1.54) is 17.3 Å². The van der Waals surface area contributed by atoms with Crippen LogP contribution >= 0.6 is 11.8 Å². The fraction of sp³-hybridized carbons (Fsp3) is 0.222. The van der Waals surface area contributed by atoms with Crippen LogP contribution in [0.25, 0.3) is 5.69 Å². The van der Waals surface area contributed by atoms with Gasteiger partial charge in [-0.15, -0.1) is 5.10 Å². The molecule has 1 heterocycles. The molecule has 6 nitrogen and oxygen atoms in total. The summed E-state index contributed by atoms with van der Waals surface area (Å²) in [7, 11) is 0. The van der Waals surface area contributed by atoms with E-state index in [1.54, 1.807) is 4.68 Å². The molecule has 0 radical (unpaired) electrons. The number of thioether (sulfide) groups is 1. The minimum absolute atomic E-state index is 0.0488. The first-order valence-corrected chi connectivity index (χ1v) is 8.85. The first-order chi connectivity index (χ1) is 12.1. The first-order valence-electron chi connectivity index (χ1n) is 7.97. The van der Waals surface area contributed by atoms with Gasteiger partial charge in [-0.3, -0.25) is 4.79 Å². The van der Waals surface area contributed by atoms with Crippen LogP contribution in [0.3, 0.4) is 0 Å². The zero-order chi connectivity index (χ0) is 17.6. The Balaban J connectivity index is 1.63. The number of amides is 1. The average molecular weight is 353 g/mol. The van der Waals surface area contributed by atoms with Crippen LogP contribution in [0.4, 0.5) is 0 Å². The predicted molar refractivity (Wildman–Crippen MR) is 97.5 cm³/mol. The maximum atomic E-state index is 12.3. The first kappa shape index (κ1) is 17.2. The Morgan fingerprint density at radius 2 is 1.88 bits per heavy atom. The van der Waals surface area contributed by atoms with Crippen LogP contribution in [0.1, 0.15) is 18.1 Å². The summed E-state index contributed by atoms with van der Waals surface area (Å²) in [4.78, 5) is 12.3. The number of hydrogen-bond donors (Lipinski definition) is 1. The summed E-state index contributed by atoms with van der Waals surface area (Å²) < 4.78 is 1.64. The molecule has 0 fully saturated rings. The second-order valence-corrected chi connectivity index (χ2v) is 6.98. The van der Waals surface area contributed by atoms with Gasteiger partial charge in [-0.1, -0.05) is 59.8 Å². The van der Waals surface area contributed by atoms with Gasteiger partial charge in [0.15, 0.2) is 0 Å². The van der Waals surface area contributed by atoms with Gasteiger partial charge < -0.3 is 5.32 Å². The smallest absolute Gasteiger partial charge is 0.233 e. The van der Waals surface area contributed by atoms with Crippen LogP contribution in [0, 0.1) is 6.92 Å². The lowest BCUT2D eigenvalue weighted by atomic mass is 10.2. The lowest BCUT2D eigenvalue weighted by Gasteiger charge is -2.12. The summed E-state index contributed by atoms with van der Waals surface area (Å²) in [6.07, 6.45) is 0. The Morgan fingerprint density at radius 3 is 2.60 bits per heavy atom. The third-order valence-corrected chi connectivity index (χ3v) is 4.71. The van der Waals surface area contributed by atoms with Crippen molar-refractivity contribution in [3.05, 3.63) is 65.7 Å². The molecule has 25 heavy (non-hydrogen) atoms. The number of carbonyl (C=O) groups is 1. The van der Waals surface area contributed by atoms with E-state index >= 15 is 0 Å². The van der Waals surface area contributed by atoms with Crippen LogP contribution < -0.4 is 5.32 Å². The van der Waals surface area contributed by atoms with E-state index in [-0.39, 0.29) is 11.2 Å². The molecule has 0 bridgehead atoms. The van der Waals surface area contributed by atoms with Gasteiger partial charge in [-0.2, -0.15) is 4.68 Å². The van der Waals surface area contributed by atoms with E-state index in [0.717, 1.165) is 11.3 Å². The number of aryl methyl sites for hydroxylation is 1. The molecule has 0 saturated carbocycles. The molecular weight excluding hydrogens is 334 g/mol. The quantitative estimate of drug-likeness (QED) is 0.690. The van der Waals surface area contributed by atoms with Gasteiger partial charge in [0.25, 0.3) is 0 Å². The Kier molecular flexibility index (Phi) is 5.45. The Bertz CT molecular complexity index is 832. The van der Waals surface area contributed by atoms with Gasteiger partial charge in [0.2, 0.25) is 11.1 Å². The highest BCUT2D eigenvalue weighted by atomic mass is 32.2. The fourth-order valence-electron chi connectivity index (χ4n) is 2.24. The molecule has 1 aromatic heterocycles. The molecule has 3 aromatic rings. The molecule has 128 valence electrons. The van der Waals surface area contributed by atoms with Crippen molar-refractivity contribution in [3.8, 4) is 5.69 Å². The van der Waals surface area contributed by atoms with E-state index in [2.05, 4.69) is 20.8 Å². The molecule has 0 spiro atoms. The highest BCUT2D eigenvalue weighted by molar-refractivity contribution is 8.00. The molecule has 0 aliphatic carbocycles. The molecule has 0 aliphatic rings. The van der Waals surface area contributed by atoms with E-state index in [4.69, 9.17) is 0 Å². The summed E-state index contributed by atoms with van der Waals surface area (Å²) in [6, 6.07) is 17.7. The molecule has 1 atom stereocenters. The largest absolute Gasteiger partial charge is 0.351 e. The second kappa shape index (κ2) is 7.94. The zero-order valence-electron chi connectivity index (χ0n) is 14.1. The number of nitrogens with one attached hydrogen (secondary N) is 1. The topological polar surface area (TPSA) is 72.7 Å². The Hall–Kier alpha value is -2.67. The van der Waals surface area contributed by atoms with Gasteiger partial charge in [0.1, 0.15) is 0 Å². The fourth-order valence-corrected chi connectivity index (χ4v) is 3.07. The second-order valence-electron chi connectivity index (χ2n) is 5.67. The van der Waals surface area contributed by atoms with E-state index in [1.807, 2.05) is 68.4 Å². The van der Waals surface area contributed by atoms with E-state index in [0.29, 0.717) is 11.7 Å². The maximum Gasteiger partial charge on any atom is 0.233 e. The van der Waals surface area contributed by atoms with Crippen molar-refractivity contribution in [1.82, 2.24) is 25.5 Å². The van der Waals surface area contributed by atoms with Gasteiger partial charge >= 0.3 is 0 Å². The number of aromatic nitrogens is 4. The van der Waals surface area contributed by atoms with E-state index < -0.39 is 0 Å². The molecule has 7 heteroatoms. The van der Waals surface area contributed by atoms with E-state index in [9.17, 15) is 4.79 Å². The minimum Gasteiger partial charge on any atom is -0.351 e. The summed E-state index contributed by atoms with van der Waals surface area (Å²) in [5.41, 5.74) is 3.10. The molecule has 3 rings (SSSR count). The Morgan fingerprint density at radius 1 is 1.16 bits per heavy atom. The van der Waals surface area contributed by atoms with Crippen LogP contribution in [0.15, 0.2) is 59.8 Å². The zero-order valence-corrected chi connectivity index (χ0v) is 14.9. The van der Waals surface area contributed by atoms with Crippen molar-refractivity contribution in [2.24, 2.45) is 0 Å². The van der Waals surface area contributed by atoms with Gasteiger partial charge in [0, 0.05) is 6.54 Å². The van der Waals surface area contributed by atoms with Crippen molar-refractivity contribution in [2.45, 2.75) is 30.8 Å². The molecular formula is C18H19N5OS. The minimum atomic E-state index is -0.307. The Labute approximate surface area is 150 Å². The molecule has 2 aromatic carbocycles. The number of hydrogen-bond acceptors (Lipinski definition) is 5. The van der Waals surface area contributed by atoms with Crippen LogP contribution in [0.5, 0.6) is 0 Å². The van der Waals surface area contributed by atoms with Crippen molar-refractivity contribution in [3.63, 3.8) is 0 Å². The van der Waals surface area contributed by atoms with Crippen LogP contribution in [-0.4, -0.2) is 31.4 Å². The van der Waals surface area contributed by atoms with Crippen molar-refractivity contribution in [2.75, 3.05) is 0 Å². The average Bonchev–Trinajstić information content (AvgIpc) is 3.09. The van der Waals surface area contributed by atoms with Gasteiger partial charge in [-0.05, 0) is 42.0 Å². The lowest BCUT2D eigenvalue weighted by Crippen LogP contribution is -2.30. The summed E-state index contributed by atoms with van der Waals surface area (Å²) >= 11 is 1.33. The predicted octanol–water partition coefficient (Wildman–Crippen LogP) is 2.77. The lowest BCUT2D eigenvalue weighted by molar-refractivity contribution is -0.120. The standard InChI is InChI=1S/C18H19N5OS/c1-13-8-10-16(11-9-13)23-18(20-21-22-23)25-14(2)17(24)19-12-15-6-4-3-5-7-15/h3-11,14H,12H2,1-2H3,(H,19,24)/t14-/m0/s1. The number of carbonyl (C=O) groups excluding carboxylic acids is 1. The van der Waals surface area contributed by atoms with Crippen molar-refractivity contribution in [1.29, 1.82) is 0 Å². The number of nitrogens with zero attached hydrogens (tertiary/aromatic N) is 4. The summed E-state index contributed by atoms with van der Waals surface area (Å²) in [6.45, 7) is 4.38. The SMILES string of the molecule is Cc1ccc(-n2nnnc2S[C@@H](C)C(=O)NCc2ccccc2)cc1. The molecule has 0 aliphatic heterocycles. The van der Waals surface area contributed by atoms with Crippen LogP contribution in [-0.2, 0) is 11.3 Å². The highest BCUT2D eigenvalue weighted by Crippen LogP contribution is 2.23. The molecule has 0 saturated heterocycles. The molecule has 0 unspecified atom stereocenters. The summed E-state index contributed by atoms with van der Waals surface area (Å²) in [5, 5.41) is 15.0. The van der Waals surface area contributed by atoms with Gasteiger partial charge in [-0.25, -0.2) is 0 Å². The van der Waals surface area contributed by atoms with Crippen LogP contribution in [0.2, 0.25) is 0 Å². The molecule has 1 N–H and O–H groups in total. The maximum absolute atomic E-state index is 12.3. The third kappa shape index (κ3) is 4.45. The van der Waals surface area contributed by atoms with Crippen molar-refractivity contribution >= 4 is 17.7 Å².